The first-order valence-electron chi connectivity index (χ1n) is 23.0. The molecule has 17 nitrogen and oxygen atoms in total. The molecule has 25 atom stereocenters. The highest BCUT2D eigenvalue weighted by molar-refractivity contribution is 5.26. The highest BCUT2D eigenvalue weighted by atomic mass is 16.8. The van der Waals surface area contributed by atoms with Crippen LogP contribution in [0.1, 0.15) is 85.5 Å². The summed E-state index contributed by atoms with van der Waals surface area (Å²) in [5, 5.41) is 95.8. The highest BCUT2D eigenvalue weighted by Gasteiger charge is 2.69. The number of allylic oxidation sites excluding steroid dienone is 1. The van der Waals surface area contributed by atoms with Crippen molar-refractivity contribution in [2.45, 2.75) is 196 Å². The molecule has 0 radical (unpaired) electrons. The number of rotatable bonds is 8. The third kappa shape index (κ3) is 7.41. The van der Waals surface area contributed by atoms with Gasteiger partial charge >= 0.3 is 0 Å². The summed E-state index contributed by atoms with van der Waals surface area (Å²) in [5.41, 5.74) is 2.55. The lowest BCUT2D eigenvalue weighted by molar-refractivity contribution is -0.394. The lowest BCUT2D eigenvalue weighted by Gasteiger charge is -2.58. The van der Waals surface area contributed by atoms with Gasteiger partial charge in [-0.3, -0.25) is 0 Å². The Morgan fingerprint density at radius 3 is 2.08 bits per heavy atom. The molecule has 1 spiro atoms. The van der Waals surface area contributed by atoms with Crippen molar-refractivity contribution in [1.82, 2.24) is 0 Å². The molecule has 9 N–H and O–H groups in total. The van der Waals surface area contributed by atoms with E-state index in [4.69, 9.17) is 37.9 Å². The highest BCUT2D eigenvalue weighted by Crippen LogP contribution is 2.70. The van der Waals surface area contributed by atoms with E-state index in [1.165, 1.54) is 12.5 Å². The predicted octanol–water partition coefficient (Wildman–Crippen LogP) is 0.134. The molecule has 3 saturated carbocycles. The van der Waals surface area contributed by atoms with E-state index in [9.17, 15) is 46.0 Å². The molecule has 9 aliphatic rings. The minimum absolute atomic E-state index is 0.0581. The monoisotopic (exact) mass is 882 g/mol. The second-order valence-corrected chi connectivity index (χ2v) is 20.7. The lowest BCUT2D eigenvalue weighted by Crippen LogP contribution is -2.67. The van der Waals surface area contributed by atoms with E-state index in [1.807, 2.05) is 0 Å². The van der Waals surface area contributed by atoms with E-state index in [1.54, 1.807) is 0 Å². The number of ether oxygens (including phenoxy) is 8. The van der Waals surface area contributed by atoms with Gasteiger partial charge in [-0.1, -0.05) is 44.6 Å². The zero-order valence-electron chi connectivity index (χ0n) is 36.3. The third-order valence-corrected chi connectivity index (χ3v) is 17.4. The summed E-state index contributed by atoms with van der Waals surface area (Å²) in [4.78, 5) is 0. The van der Waals surface area contributed by atoms with Crippen molar-refractivity contribution in [1.29, 1.82) is 0 Å². The molecule has 8 fully saturated rings. The van der Waals surface area contributed by atoms with Crippen molar-refractivity contribution in [3.63, 3.8) is 0 Å². The molecule has 4 aliphatic carbocycles. The Hall–Kier alpha value is -1.20. The molecule has 62 heavy (non-hydrogen) atoms. The van der Waals surface area contributed by atoms with E-state index in [0.29, 0.717) is 49.0 Å². The largest absolute Gasteiger partial charge is 0.394 e. The van der Waals surface area contributed by atoms with Crippen LogP contribution >= 0.6 is 0 Å². The van der Waals surface area contributed by atoms with Crippen molar-refractivity contribution in [3.05, 3.63) is 23.8 Å². The summed E-state index contributed by atoms with van der Waals surface area (Å²) in [6.07, 6.45) is -12.8. The van der Waals surface area contributed by atoms with Gasteiger partial charge in [-0.25, -0.2) is 0 Å². The van der Waals surface area contributed by atoms with Crippen LogP contribution in [0, 0.1) is 40.4 Å². The Morgan fingerprint density at radius 2 is 1.39 bits per heavy atom. The molecule has 0 bridgehead atoms. The van der Waals surface area contributed by atoms with Crippen LogP contribution in [0.4, 0.5) is 0 Å². The quantitative estimate of drug-likeness (QED) is 0.147. The number of fused-ring (bicyclic) bond motifs is 7. The van der Waals surface area contributed by atoms with Gasteiger partial charge in [0.25, 0.3) is 0 Å². The summed E-state index contributed by atoms with van der Waals surface area (Å²) in [5.74, 6) is 1.79. The van der Waals surface area contributed by atoms with Gasteiger partial charge < -0.3 is 83.9 Å². The van der Waals surface area contributed by atoms with Crippen LogP contribution < -0.4 is 0 Å². The lowest BCUT2D eigenvalue weighted by atomic mass is 9.47. The average molecular weight is 883 g/mol. The Morgan fingerprint density at radius 1 is 0.726 bits per heavy atom. The normalized spacial score (nSPS) is 56.5. The van der Waals surface area contributed by atoms with Crippen LogP contribution in [0.15, 0.2) is 23.8 Å². The van der Waals surface area contributed by atoms with Gasteiger partial charge in [0.15, 0.2) is 24.7 Å². The van der Waals surface area contributed by atoms with Crippen molar-refractivity contribution in [3.8, 4) is 0 Å². The van der Waals surface area contributed by atoms with Crippen molar-refractivity contribution in [2.75, 3.05) is 19.8 Å². The number of hydrogen-bond acceptors (Lipinski definition) is 17. The van der Waals surface area contributed by atoms with Crippen LogP contribution in [0.3, 0.4) is 0 Å². The van der Waals surface area contributed by atoms with Gasteiger partial charge in [0.05, 0.1) is 38.1 Å². The Balaban J connectivity index is 0.941. The van der Waals surface area contributed by atoms with E-state index in [0.717, 1.165) is 50.5 Å². The second-order valence-electron chi connectivity index (χ2n) is 20.7. The molecule has 0 unspecified atom stereocenters. The first kappa shape index (κ1) is 45.9. The summed E-state index contributed by atoms with van der Waals surface area (Å²) in [6, 6.07) is 0. The van der Waals surface area contributed by atoms with Gasteiger partial charge in [-0.05, 0) is 92.8 Å². The molecular weight excluding hydrogens is 812 g/mol. The van der Waals surface area contributed by atoms with Crippen LogP contribution in [-0.4, -0.2) is 176 Å². The van der Waals surface area contributed by atoms with Gasteiger partial charge in [0.2, 0.25) is 0 Å². The maximum atomic E-state index is 11.6. The summed E-state index contributed by atoms with van der Waals surface area (Å²) in [7, 11) is 0. The molecular formula is C45H70O17. The molecule has 352 valence electrons. The average Bonchev–Trinajstić information content (AvgIpc) is 3.70. The fourth-order valence-corrected chi connectivity index (χ4v) is 13.9. The van der Waals surface area contributed by atoms with Gasteiger partial charge in [-0.2, -0.15) is 0 Å². The predicted molar refractivity (Wildman–Crippen MR) is 214 cm³/mol. The molecule has 5 saturated heterocycles. The smallest absolute Gasteiger partial charge is 0.187 e. The zero-order chi connectivity index (χ0) is 44.2. The van der Waals surface area contributed by atoms with Crippen LogP contribution in [0.5, 0.6) is 0 Å². The molecule has 0 aromatic carbocycles. The maximum Gasteiger partial charge on any atom is 0.187 e. The molecule has 0 amide bonds. The Kier molecular flexibility index (Phi) is 12.7. The SMILES string of the molecule is C=C1CC[C@@]2(OC1)O[C@H]1C[C@H]3[C@@H]4CC=C5C[C@@H](O[C@@H]6O[C@H](CO)[C@@H](O)[C@H](O[C@@H]7O[C@H](CO)[C@@H](O)[C@H](O)[C@H]7O)[C@H]6O[C@@H]6O[C@@H](C)[C@H](O)[C@@H](O)[C@H]6O)CC[C@]5(C)[C@H]4CC[C@]3(C)[C@H]1[C@@H]2C. The van der Waals surface area contributed by atoms with Crippen molar-refractivity contribution >= 4 is 0 Å². The number of aliphatic hydroxyl groups is 9. The van der Waals surface area contributed by atoms with Crippen LogP contribution in [0.2, 0.25) is 0 Å². The Bertz CT molecular complexity index is 1650. The molecule has 0 aromatic rings. The molecule has 5 aliphatic heterocycles. The zero-order valence-corrected chi connectivity index (χ0v) is 36.3. The topological polar surface area (TPSA) is 256 Å². The molecule has 0 aromatic heterocycles. The first-order valence-corrected chi connectivity index (χ1v) is 23.0. The minimum Gasteiger partial charge on any atom is -0.394 e. The fraction of sp³-hybridized carbons (Fsp3) is 0.911. The fourth-order valence-electron chi connectivity index (χ4n) is 13.9. The standard InChI is InChI=1S/C45H70O17/c1-19-8-13-45(55-18-19)20(2)30-27(62-45)15-26-24-7-6-22-14-23(9-11-43(22,4)25(24)10-12-44(26,30)5)57-42-39(61-40-36(53)34(51)31(48)21(3)56-40)38(33(50)29(17-47)59-42)60-41-37(54)35(52)32(49)28(16-46)58-41/h6,20-21,23-42,46-54H,1,7-18H2,2-5H3/t20-,21-,23-,24+,25-,26-,27-,28+,29+,30-,31-,32+,33+,34+,35-,36+,37+,38-,39+,40-,41-,42+,43-,44-,45+/m0/s1. The molecule has 17 heteroatoms. The van der Waals surface area contributed by atoms with E-state index >= 15 is 0 Å². The van der Waals surface area contributed by atoms with Crippen LogP contribution in [0.25, 0.3) is 0 Å². The Labute approximate surface area is 362 Å². The minimum atomic E-state index is -1.84. The molecule has 9 rings (SSSR count). The van der Waals surface area contributed by atoms with Gasteiger partial charge in [0, 0.05) is 12.3 Å². The van der Waals surface area contributed by atoms with E-state index < -0.39 is 117 Å². The van der Waals surface area contributed by atoms with Crippen LogP contribution in [-0.2, 0) is 37.9 Å². The second kappa shape index (κ2) is 17.1. The summed E-state index contributed by atoms with van der Waals surface area (Å²) < 4.78 is 50.1. The van der Waals surface area contributed by atoms with Gasteiger partial charge in [-0.15, -0.1) is 0 Å². The summed E-state index contributed by atoms with van der Waals surface area (Å²) >= 11 is 0. The van der Waals surface area contributed by atoms with E-state index in [2.05, 4.69) is 33.4 Å². The molecule has 5 heterocycles. The summed E-state index contributed by atoms with van der Waals surface area (Å²) in [6.45, 7) is 12.1. The van der Waals surface area contributed by atoms with Crippen molar-refractivity contribution < 1.29 is 83.9 Å². The number of aliphatic hydroxyl groups excluding tert-OH is 9. The third-order valence-electron chi connectivity index (χ3n) is 17.4. The van der Waals surface area contributed by atoms with Gasteiger partial charge in [0.1, 0.15) is 67.1 Å². The number of hydrogen-bond donors (Lipinski definition) is 9. The maximum absolute atomic E-state index is 11.6. The first-order chi connectivity index (χ1) is 29.4. The van der Waals surface area contributed by atoms with E-state index in [-0.39, 0.29) is 16.9 Å². The van der Waals surface area contributed by atoms with Crippen molar-refractivity contribution in [2.24, 2.45) is 40.4 Å².